The first kappa shape index (κ1) is 18.1. The molecule has 0 N–H and O–H groups in total. The molecule has 1 aliphatic rings. The van der Waals surface area contributed by atoms with Crippen molar-refractivity contribution < 1.29 is 4.43 Å². The van der Waals surface area contributed by atoms with Crippen molar-refractivity contribution in [2.24, 2.45) is 0 Å². The van der Waals surface area contributed by atoms with Crippen molar-refractivity contribution in [1.29, 1.82) is 0 Å². The Kier molecular flexibility index (Phi) is 5.86. The second-order valence-corrected chi connectivity index (χ2v) is 11.7. The van der Waals surface area contributed by atoms with Crippen molar-refractivity contribution in [3.63, 3.8) is 0 Å². The van der Waals surface area contributed by atoms with E-state index in [9.17, 15) is 0 Å². The molecule has 0 aromatic carbocycles. The highest BCUT2D eigenvalue weighted by atomic mass is 79.9. The summed E-state index contributed by atoms with van der Waals surface area (Å²) in [4.78, 5) is 6.85. The molecule has 2 heterocycles. The summed E-state index contributed by atoms with van der Waals surface area (Å²) in [5.74, 6) is 0. The van der Waals surface area contributed by atoms with Crippen LogP contribution in [0.3, 0.4) is 0 Å². The van der Waals surface area contributed by atoms with Gasteiger partial charge in [-0.3, -0.25) is 9.88 Å². The van der Waals surface area contributed by atoms with Crippen LogP contribution in [-0.4, -0.2) is 37.8 Å². The van der Waals surface area contributed by atoms with Crippen molar-refractivity contribution in [3.05, 3.63) is 28.5 Å². The van der Waals surface area contributed by atoms with Gasteiger partial charge in [-0.05, 0) is 65.8 Å². The molecule has 0 amide bonds. The average molecular weight is 385 g/mol. The van der Waals surface area contributed by atoms with Crippen molar-refractivity contribution in [2.75, 3.05) is 6.54 Å². The molecule has 1 saturated heterocycles. The standard InChI is InChI=1S/C17H29BrN2OSi/c1-16(2,3)22-21-17(4,5)15-7-6-8-20(15)12-13-9-14(18)11-19-10-13/h9-11,15H,6-8,12,22H2,1-5H3/t15-/m0/s1. The van der Waals surface area contributed by atoms with Gasteiger partial charge in [0.15, 0.2) is 9.76 Å². The number of halogens is 1. The van der Waals surface area contributed by atoms with Crippen molar-refractivity contribution in [3.8, 4) is 0 Å². The van der Waals surface area contributed by atoms with Crippen LogP contribution in [-0.2, 0) is 11.0 Å². The number of hydrogen-bond acceptors (Lipinski definition) is 3. The summed E-state index contributed by atoms with van der Waals surface area (Å²) in [6.07, 6.45) is 6.30. The molecule has 22 heavy (non-hydrogen) atoms. The van der Waals surface area contributed by atoms with Crippen LogP contribution in [0.1, 0.15) is 53.0 Å². The molecule has 1 aromatic heterocycles. The molecule has 1 aliphatic heterocycles. The van der Waals surface area contributed by atoms with Gasteiger partial charge in [0.1, 0.15) is 0 Å². The molecule has 3 nitrogen and oxygen atoms in total. The van der Waals surface area contributed by atoms with Gasteiger partial charge in [0.2, 0.25) is 0 Å². The maximum atomic E-state index is 6.44. The lowest BCUT2D eigenvalue weighted by molar-refractivity contribution is 0.0163. The molecule has 0 saturated carbocycles. The third-order valence-electron chi connectivity index (χ3n) is 4.19. The van der Waals surface area contributed by atoms with Crippen LogP contribution in [0.25, 0.3) is 0 Å². The molecule has 1 fully saturated rings. The minimum Gasteiger partial charge on any atom is -0.417 e. The zero-order valence-corrected chi connectivity index (χ0v) is 17.5. The summed E-state index contributed by atoms with van der Waals surface area (Å²) in [5.41, 5.74) is 1.21. The van der Waals surface area contributed by atoms with Gasteiger partial charge in [0.05, 0.1) is 5.60 Å². The van der Waals surface area contributed by atoms with Crippen LogP contribution in [0.5, 0.6) is 0 Å². The lowest BCUT2D eigenvalue weighted by Gasteiger charge is -2.39. The van der Waals surface area contributed by atoms with E-state index >= 15 is 0 Å². The highest BCUT2D eigenvalue weighted by Crippen LogP contribution is 2.33. The van der Waals surface area contributed by atoms with Gasteiger partial charge in [-0.15, -0.1) is 0 Å². The summed E-state index contributed by atoms with van der Waals surface area (Å²) in [7, 11) is -0.534. The molecule has 0 aliphatic carbocycles. The third-order valence-corrected chi connectivity index (χ3v) is 6.38. The number of likely N-dealkylation sites (tertiary alicyclic amines) is 1. The summed E-state index contributed by atoms with van der Waals surface area (Å²) in [6.45, 7) is 13.5. The van der Waals surface area contributed by atoms with Crippen LogP contribution in [0, 0.1) is 0 Å². The van der Waals surface area contributed by atoms with Gasteiger partial charge in [0.25, 0.3) is 0 Å². The van der Waals surface area contributed by atoms with E-state index in [1.54, 1.807) is 0 Å². The molecule has 0 radical (unpaired) electrons. The first-order chi connectivity index (χ1) is 10.2. The summed E-state index contributed by atoms with van der Waals surface area (Å²) >= 11 is 3.51. The van der Waals surface area contributed by atoms with Gasteiger partial charge in [-0.25, -0.2) is 0 Å². The summed E-state index contributed by atoms with van der Waals surface area (Å²) < 4.78 is 7.49. The maximum Gasteiger partial charge on any atom is 0.167 e. The van der Waals surface area contributed by atoms with Crippen LogP contribution in [0.4, 0.5) is 0 Å². The quantitative estimate of drug-likeness (QED) is 0.719. The lowest BCUT2D eigenvalue weighted by atomic mass is 9.96. The average Bonchev–Trinajstić information content (AvgIpc) is 2.85. The van der Waals surface area contributed by atoms with Crippen LogP contribution in [0.15, 0.2) is 22.9 Å². The Hall–Kier alpha value is -0.233. The predicted molar refractivity (Wildman–Crippen MR) is 98.8 cm³/mol. The van der Waals surface area contributed by atoms with Gasteiger partial charge in [0, 0.05) is 29.5 Å². The number of aromatic nitrogens is 1. The van der Waals surface area contributed by atoms with Gasteiger partial charge < -0.3 is 4.43 Å². The maximum absolute atomic E-state index is 6.44. The predicted octanol–water partition coefficient (Wildman–Crippen LogP) is 3.91. The highest BCUT2D eigenvalue weighted by Gasteiger charge is 2.38. The van der Waals surface area contributed by atoms with Crippen LogP contribution >= 0.6 is 15.9 Å². The Balaban J connectivity index is 2.03. The Morgan fingerprint density at radius 2 is 2.05 bits per heavy atom. The smallest absolute Gasteiger partial charge is 0.167 e. The monoisotopic (exact) mass is 384 g/mol. The van der Waals surface area contributed by atoms with Gasteiger partial charge in [-0.1, -0.05) is 20.8 Å². The van der Waals surface area contributed by atoms with E-state index in [4.69, 9.17) is 4.43 Å². The molecule has 0 spiro atoms. The van der Waals surface area contributed by atoms with Crippen molar-refractivity contribution in [2.45, 2.75) is 70.7 Å². The largest absolute Gasteiger partial charge is 0.417 e. The normalized spacial score (nSPS) is 21.1. The molecular weight excluding hydrogens is 356 g/mol. The Labute approximate surface area is 145 Å². The molecular formula is C17H29BrN2OSi. The third kappa shape index (κ3) is 5.15. The van der Waals surface area contributed by atoms with E-state index in [1.807, 2.05) is 12.4 Å². The molecule has 1 atom stereocenters. The Morgan fingerprint density at radius 1 is 1.32 bits per heavy atom. The fourth-order valence-electron chi connectivity index (χ4n) is 3.08. The Morgan fingerprint density at radius 3 is 2.68 bits per heavy atom. The minimum absolute atomic E-state index is 0.0601. The van der Waals surface area contributed by atoms with Crippen LogP contribution in [0.2, 0.25) is 5.04 Å². The van der Waals surface area contributed by atoms with E-state index in [-0.39, 0.29) is 5.60 Å². The number of nitrogens with zero attached hydrogens (tertiary/aromatic N) is 2. The molecule has 2 rings (SSSR count). The van der Waals surface area contributed by atoms with E-state index in [0.717, 1.165) is 17.6 Å². The van der Waals surface area contributed by atoms with E-state index < -0.39 is 9.76 Å². The van der Waals surface area contributed by atoms with Gasteiger partial charge >= 0.3 is 0 Å². The van der Waals surface area contributed by atoms with Crippen LogP contribution < -0.4 is 0 Å². The summed E-state index contributed by atoms with van der Waals surface area (Å²) in [5, 5.41) is 0.342. The second-order valence-electron chi connectivity index (χ2n) is 8.09. The zero-order valence-electron chi connectivity index (χ0n) is 14.5. The number of hydrogen-bond donors (Lipinski definition) is 0. The van der Waals surface area contributed by atoms with Crippen molar-refractivity contribution >= 4 is 25.7 Å². The number of pyridine rings is 1. The zero-order chi connectivity index (χ0) is 16.4. The molecule has 0 bridgehead atoms. The first-order valence-corrected chi connectivity index (χ1v) is 10.2. The minimum atomic E-state index is -0.534. The second kappa shape index (κ2) is 7.12. The Bertz CT molecular complexity index is 502. The molecule has 5 heteroatoms. The molecule has 1 aromatic rings. The summed E-state index contributed by atoms with van der Waals surface area (Å²) in [6, 6.07) is 2.67. The molecule has 124 valence electrons. The van der Waals surface area contributed by atoms with E-state index in [1.165, 1.54) is 18.4 Å². The highest BCUT2D eigenvalue weighted by molar-refractivity contribution is 9.10. The SMILES string of the molecule is CC(C)(C)[SiH2]OC(C)(C)[C@@H]1CCCN1Cc1cncc(Br)c1. The fourth-order valence-corrected chi connectivity index (χ4v) is 4.49. The lowest BCUT2D eigenvalue weighted by Crippen LogP contribution is -2.48. The fraction of sp³-hybridized carbons (Fsp3) is 0.706. The first-order valence-electron chi connectivity index (χ1n) is 8.15. The van der Waals surface area contributed by atoms with Crippen molar-refractivity contribution in [1.82, 2.24) is 9.88 Å². The topological polar surface area (TPSA) is 25.4 Å². The molecule has 0 unspecified atom stereocenters. The number of rotatable bonds is 5. The van der Waals surface area contributed by atoms with E-state index in [2.05, 4.69) is 66.5 Å². The van der Waals surface area contributed by atoms with E-state index in [0.29, 0.717) is 11.1 Å². The van der Waals surface area contributed by atoms with Gasteiger partial charge in [-0.2, -0.15) is 0 Å².